The van der Waals surface area contributed by atoms with Crippen molar-refractivity contribution in [3.63, 3.8) is 0 Å². The quantitative estimate of drug-likeness (QED) is 0.549. The van der Waals surface area contributed by atoms with Crippen molar-refractivity contribution in [1.82, 2.24) is 0 Å². The van der Waals surface area contributed by atoms with Gasteiger partial charge in [0.1, 0.15) is 6.10 Å². The lowest BCUT2D eigenvalue weighted by Crippen LogP contribution is -2.43. The average Bonchev–Trinajstić information content (AvgIpc) is 2.67. The van der Waals surface area contributed by atoms with Crippen LogP contribution in [0.5, 0.6) is 0 Å². The van der Waals surface area contributed by atoms with E-state index in [9.17, 15) is 0 Å². The molecule has 0 aromatic rings. The zero-order valence-corrected chi connectivity index (χ0v) is 13.7. The number of rotatable bonds is 2. The molecule has 2 aliphatic rings. The van der Waals surface area contributed by atoms with E-state index < -0.39 is 8.32 Å². The van der Waals surface area contributed by atoms with E-state index in [1.54, 1.807) is 0 Å². The second kappa shape index (κ2) is 4.24. The van der Waals surface area contributed by atoms with Crippen molar-refractivity contribution in [3.05, 3.63) is 23.5 Å². The molecule has 0 N–H and O–H groups in total. The lowest BCUT2D eigenvalue weighted by Gasteiger charge is -2.41. The summed E-state index contributed by atoms with van der Waals surface area (Å²) in [6.07, 6.45) is 4.70. The van der Waals surface area contributed by atoms with Crippen LogP contribution in [0.15, 0.2) is 23.5 Å². The summed E-state index contributed by atoms with van der Waals surface area (Å²) in [6, 6.07) is 0. The van der Waals surface area contributed by atoms with Crippen LogP contribution >= 0.6 is 0 Å². The van der Waals surface area contributed by atoms with Crippen LogP contribution in [0.25, 0.3) is 0 Å². The van der Waals surface area contributed by atoms with E-state index in [0.717, 1.165) is 0 Å². The minimum Gasteiger partial charge on any atom is -0.546 e. The highest BCUT2D eigenvalue weighted by molar-refractivity contribution is 6.74. The molecule has 3 unspecified atom stereocenters. The van der Waals surface area contributed by atoms with Gasteiger partial charge in [-0.3, -0.25) is 0 Å². The molecule has 2 heterocycles. The monoisotopic (exact) mass is 266 g/mol. The third kappa shape index (κ3) is 2.18. The number of ether oxygens (including phenoxy) is 1. The van der Waals surface area contributed by atoms with Gasteiger partial charge in [0.25, 0.3) is 0 Å². The number of hydrogen-bond acceptors (Lipinski definition) is 2. The van der Waals surface area contributed by atoms with Gasteiger partial charge in [0, 0.05) is 5.92 Å². The van der Waals surface area contributed by atoms with Crippen LogP contribution in [0.1, 0.15) is 34.6 Å². The molecule has 0 spiro atoms. The number of hydrogen-bond donors (Lipinski definition) is 0. The van der Waals surface area contributed by atoms with E-state index in [4.69, 9.17) is 9.16 Å². The minimum absolute atomic E-state index is 0.144. The Morgan fingerprint density at radius 1 is 1.22 bits per heavy atom. The first-order valence-electron chi connectivity index (χ1n) is 6.87. The van der Waals surface area contributed by atoms with Crippen molar-refractivity contribution in [2.45, 2.75) is 65.0 Å². The molecule has 18 heavy (non-hydrogen) atoms. The zero-order chi connectivity index (χ0) is 13.7. The maximum absolute atomic E-state index is 6.55. The maximum Gasteiger partial charge on any atom is 0.250 e. The fourth-order valence-corrected chi connectivity index (χ4v) is 3.45. The smallest absolute Gasteiger partial charge is 0.250 e. The third-order valence-corrected chi connectivity index (χ3v) is 9.02. The molecule has 0 radical (unpaired) electrons. The molecule has 3 atom stereocenters. The second-order valence-corrected chi connectivity index (χ2v) is 11.8. The van der Waals surface area contributed by atoms with E-state index in [-0.39, 0.29) is 17.2 Å². The van der Waals surface area contributed by atoms with Gasteiger partial charge in [-0.15, -0.1) is 0 Å². The Bertz CT molecular complexity index is 401. The van der Waals surface area contributed by atoms with Crippen LogP contribution in [-0.4, -0.2) is 20.5 Å². The summed E-state index contributed by atoms with van der Waals surface area (Å²) in [7, 11) is -1.75. The number of fused-ring (bicyclic) bond motifs is 2. The van der Waals surface area contributed by atoms with Gasteiger partial charge >= 0.3 is 0 Å². The molecule has 0 aliphatic carbocycles. The molecular formula is C15H26O2Si. The van der Waals surface area contributed by atoms with Gasteiger partial charge in [-0.05, 0) is 30.6 Å². The van der Waals surface area contributed by atoms with Gasteiger partial charge in [0.15, 0.2) is 0 Å². The molecule has 0 aromatic carbocycles. The van der Waals surface area contributed by atoms with E-state index in [1.807, 2.05) is 0 Å². The van der Waals surface area contributed by atoms with E-state index >= 15 is 0 Å². The van der Waals surface area contributed by atoms with Crippen molar-refractivity contribution >= 4 is 8.32 Å². The molecule has 0 aromatic heterocycles. The lowest BCUT2D eigenvalue weighted by atomic mass is 9.97. The van der Waals surface area contributed by atoms with Gasteiger partial charge < -0.3 is 9.16 Å². The molecule has 102 valence electrons. The van der Waals surface area contributed by atoms with Gasteiger partial charge in [-0.1, -0.05) is 39.8 Å². The van der Waals surface area contributed by atoms with Crippen LogP contribution in [0.3, 0.4) is 0 Å². The van der Waals surface area contributed by atoms with Crippen LogP contribution in [0.2, 0.25) is 18.1 Å². The summed E-state index contributed by atoms with van der Waals surface area (Å²) < 4.78 is 12.5. The summed E-state index contributed by atoms with van der Waals surface area (Å²) in [5.74, 6) is 1.53. The lowest BCUT2D eigenvalue weighted by molar-refractivity contribution is 0.0243. The molecule has 2 bridgehead atoms. The van der Waals surface area contributed by atoms with Crippen molar-refractivity contribution in [2.24, 2.45) is 5.92 Å². The SMILES string of the molecule is CC1=C(O[Si](C)(C)C(C)(C)C)C(C)C2C=CC1O2. The molecule has 0 amide bonds. The first-order valence-corrected chi connectivity index (χ1v) is 9.78. The van der Waals surface area contributed by atoms with Crippen LogP contribution in [0, 0.1) is 5.92 Å². The Labute approximate surface area is 112 Å². The first-order chi connectivity index (χ1) is 8.13. The van der Waals surface area contributed by atoms with Crippen LogP contribution in [0.4, 0.5) is 0 Å². The van der Waals surface area contributed by atoms with Gasteiger partial charge in [-0.25, -0.2) is 0 Å². The first kappa shape index (κ1) is 13.9. The summed E-state index contributed by atoms with van der Waals surface area (Å²) in [5.41, 5.74) is 1.26. The van der Waals surface area contributed by atoms with E-state index in [0.29, 0.717) is 5.92 Å². The molecule has 0 saturated heterocycles. The predicted octanol–water partition coefficient (Wildman–Crippen LogP) is 4.26. The molecule has 2 rings (SSSR count). The van der Waals surface area contributed by atoms with Crippen molar-refractivity contribution in [1.29, 1.82) is 0 Å². The Morgan fingerprint density at radius 2 is 1.83 bits per heavy atom. The Morgan fingerprint density at radius 3 is 2.39 bits per heavy atom. The van der Waals surface area contributed by atoms with Gasteiger partial charge in [0.2, 0.25) is 8.32 Å². The minimum atomic E-state index is -1.75. The summed E-state index contributed by atoms with van der Waals surface area (Å²) in [6.45, 7) is 15.8. The average molecular weight is 266 g/mol. The standard InChI is InChI=1S/C15H26O2Si/c1-10-12-8-9-13(16-12)11(2)14(10)17-18(6,7)15(3,4)5/h8-10,12-13H,1-7H3. The highest BCUT2D eigenvalue weighted by Crippen LogP contribution is 2.43. The molecule has 0 saturated carbocycles. The Kier molecular flexibility index (Phi) is 3.27. The van der Waals surface area contributed by atoms with Crippen molar-refractivity contribution in [2.75, 3.05) is 0 Å². The normalized spacial score (nSPS) is 32.1. The molecule has 2 aliphatic heterocycles. The summed E-state index contributed by atoms with van der Waals surface area (Å²) in [4.78, 5) is 0. The summed E-state index contributed by atoms with van der Waals surface area (Å²) in [5, 5.41) is 0.241. The topological polar surface area (TPSA) is 18.5 Å². The van der Waals surface area contributed by atoms with Crippen LogP contribution in [-0.2, 0) is 9.16 Å². The maximum atomic E-state index is 6.55. The highest BCUT2D eigenvalue weighted by Gasteiger charge is 2.43. The van der Waals surface area contributed by atoms with E-state index in [1.165, 1.54) is 11.3 Å². The van der Waals surface area contributed by atoms with Crippen LogP contribution < -0.4 is 0 Å². The molecule has 0 fully saturated rings. The molecular weight excluding hydrogens is 240 g/mol. The fraction of sp³-hybridized carbons (Fsp3) is 0.733. The highest BCUT2D eigenvalue weighted by atomic mass is 28.4. The van der Waals surface area contributed by atoms with E-state index in [2.05, 4.69) is 59.9 Å². The fourth-order valence-electron chi connectivity index (χ4n) is 2.25. The largest absolute Gasteiger partial charge is 0.546 e. The molecule has 2 nitrogen and oxygen atoms in total. The molecule has 3 heteroatoms. The second-order valence-electron chi connectivity index (χ2n) is 7.10. The van der Waals surface area contributed by atoms with Crippen molar-refractivity contribution in [3.8, 4) is 0 Å². The van der Waals surface area contributed by atoms with Crippen molar-refractivity contribution < 1.29 is 9.16 Å². The summed E-state index contributed by atoms with van der Waals surface area (Å²) >= 11 is 0. The Hall–Kier alpha value is -0.543. The predicted molar refractivity (Wildman–Crippen MR) is 77.9 cm³/mol. The third-order valence-electron chi connectivity index (χ3n) is 4.67. The van der Waals surface area contributed by atoms with Gasteiger partial charge in [-0.2, -0.15) is 0 Å². The Balaban J connectivity index is 2.27. The van der Waals surface area contributed by atoms with Gasteiger partial charge in [0.05, 0.1) is 11.9 Å². The zero-order valence-electron chi connectivity index (χ0n) is 12.7.